The van der Waals surface area contributed by atoms with Crippen molar-refractivity contribution in [2.75, 3.05) is 0 Å². The van der Waals surface area contributed by atoms with Crippen LogP contribution in [0.15, 0.2) is 54.7 Å². The Morgan fingerprint density at radius 3 is 2.43 bits per heavy atom. The minimum atomic E-state index is -1.02. The van der Waals surface area contributed by atoms with Gasteiger partial charge >= 0.3 is 0 Å². The molecule has 1 unspecified atom stereocenters. The Labute approximate surface area is 121 Å². The van der Waals surface area contributed by atoms with Gasteiger partial charge in [0.1, 0.15) is 11.6 Å². The van der Waals surface area contributed by atoms with E-state index in [-0.39, 0.29) is 0 Å². The van der Waals surface area contributed by atoms with Crippen LogP contribution in [0.5, 0.6) is 0 Å². The maximum Gasteiger partial charge on any atom is 0.126 e. The van der Waals surface area contributed by atoms with Crippen LogP contribution in [-0.4, -0.2) is 4.98 Å². The number of nitrogens with two attached hydrogens (primary N) is 1. The van der Waals surface area contributed by atoms with E-state index in [9.17, 15) is 8.78 Å². The molecule has 106 valence electrons. The Morgan fingerprint density at radius 1 is 1.00 bits per heavy atom. The molecule has 0 bridgehead atoms. The number of benzene rings is 2. The molecular weight excluding hydrogens is 270 g/mol. The van der Waals surface area contributed by atoms with Crippen LogP contribution < -0.4 is 5.73 Å². The Hall–Kier alpha value is -2.33. The molecule has 2 nitrogen and oxygen atoms in total. The monoisotopic (exact) mass is 284 g/mol. The number of aromatic nitrogens is 1. The summed E-state index contributed by atoms with van der Waals surface area (Å²) in [5, 5.41) is 0.870. The summed E-state index contributed by atoms with van der Waals surface area (Å²) < 4.78 is 27.0. The number of hydrogen-bond donors (Lipinski definition) is 1. The maximum absolute atomic E-state index is 13.5. The van der Waals surface area contributed by atoms with E-state index in [1.165, 1.54) is 12.1 Å². The summed E-state index contributed by atoms with van der Waals surface area (Å²) in [7, 11) is 0. The Balaban J connectivity index is 2.24. The third kappa shape index (κ3) is 2.38. The molecule has 21 heavy (non-hydrogen) atoms. The summed E-state index contributed by atoms with van der Waals surface area (Å²) in [6.45, 7) is 1.74. The van der Waals surface area contributed by atoms with Crippen LogP contribution in [0.3, 0.4) is 0 Å². The van der Waals surface area contributed by atoms with Gasteiger partial charge in [-0.1, -0.05) is 18.2 Å². The van der Waals surface area contributed by atoms with Crippen molar-refractivity contribution < 1.29 is 8.78 Å². The molecule has 2 N–H and O–H groups in total. The van der Waals surface area contributed by atoms with Gasteiger partial charge in [-0.25, -0.2) is 8.78 Å². The fourth-order valence-corrected chi connectivity index (χ4v) is 2.57. The molecule has 0 aliphatic heterocycles. The van der Waals surface area contributed by atoms with Crippen LogP contribution in [0.25, 0.3) is 10.9 Å². The van der Waals surface area contributed by atoms with Gasteiger partial charge in [-0.3, -0.25) is 4.98 Å². The zero-order chi connectivity index (χ0) is 15.0. The largest absolute Gasteiger partial charge is 0.318 e. The van der Waals surface area contributed by atoms with Crippen molar-refractivity contribution in [1.29, 1.82) is 0 Å². The Kier molecular flexibility index (Phi) is 3.18. The summed E-state index contributed by atoms with van der Waals surface area (Å²) in [5.41, 5.74) is 7.34. The summed E-state index contributed by atoms with van der Waals surface area (Å²) in [6.07, 6.45) is 1.70. The molecule has 0 radical (unpaired) electrons. The third-order valence-corrected chi connectivity index (χ3v) is 3.67. The molecule has 0 fully saturated rings. The maximum atomic E-state index is 13.5. The molecule has 1 aromatic heterocycles. The molecule has 0 spiro atoms. The van der Waals surface area contributed by atoms with Crippen molar-refractivity contribution in [3.63, 3.8) is 0 Å². The molecular formula is C17H14F2N2. The van der Waals surface area contributed by atoms with E-state index in [0.29, 0.717) is 5.56 Å². The molecule has 3 aromatic rings. The van der Waals surface area contributed by atoms with E-state index < -0.39 is 17.2 Å². The van der Waals surface area contributed by atoms with Crippen molar-refractivity contribution >= 4 is 10.9 Å². The molecule has 0 aliphatic carbocycles. The first-order chi connectivity index (χ1) is 9.98. The van der Waals surface area contributed by atoms with Crippen molar-refractivity contribution in [3.05, 3.63) is 77.5 Å². The number of pyridine rings is 1. The first kappa shape index (κ1) is 13.6. The van der Waals surface area contributed by atoms with Gasteiger partial charge in [-0.2, -0.15) is 0 Å². The molecule has 1 atom stereocenters. The molecule has 0 aliphatic rings. The Morgan fingerprint density at radius 2 is 1.71 bits per heavy atom. The van der Waals surface area contributed by atoms with Gasteiger partial charge in [0.15, 0.2) is 0 Å². The van der Waals surface area contributed by atoms with Crippen LogP contribution >= 0.6 is 0 Å². The van der Waals surface area contributed by atoms with Gasteiger partial charge in [0.2, 0.25) is 0 Å². The second-order valence-corrected chi connectivity index (χ2v) is 5.24. The van der Waals surface area contributed by atoms with Gasteiger partial charge in [0.05, 0.1) is 11.1 Å². The second-order valence-electron chi connectivity index (χ2n) is 5.24. The lowest BCUT2D eigenvalue weighted by molar-refractivity contribution is 0.552. The average Bonchev–Trinajstić information content (AvgIpc) is 2.45. The van der Waals surface area contributed by atoms with Crippen molar-refractivity contribution in [3.8, 4) is 0 Å². The lowest BCUT2D eigenvalue weighted by atomic mass is 9.83. The van der Waals surface area contributed by atoms with Gasteiger partial charge in [-0.15, -0.1) is 0 Å². The minimum Gasteiger partial charge on any atom is -0.318 e. The average molecular weight is 284 g/mol. The zero-order valence-corrected chi connectivity index (χ0v) is 11.5. The van der Waals surface area contributed by atoms with E-state index in [4.69, 9.17) is 5.73 Å². The number of rotatable bonds is 2. The molecule has 3 rings (SSSR count). The molecule has 0 saturated heterocycles. The minimum absolute atomic E-state index is 0.386. The van der Waals surface area contributed by atoms with Crippen LogP contribution in [-0.2, 0) is 5.54 Å². The highest BCUT2D eigenvalue weighted by molar-refractivity contribution is 5.83. The smallest absolute Gasteiger partial charge is 0.126 e. The normalized spacial score (nSPS) is 14.1. The number of nitrogens with zero attached hydrogens (tertiary/aromatic N) is 1. The first-order valence-corrected chi connectivity index (χ1v) is 6.58. The quantitative estimate of drug-likeness (QED) is 0.778. The lowest BCUT2D eigenvalue weighted by Crippen LogP contribution is -2.34. The third-order valence-electron chi connectivity index (χ3n) is 3.67. The van der Waals surface area contributed by atoms with Crippen LogP contribution in [0.2, 0.25) is 0 Å². The summed E-state index contributed by atoms with van der Waals surface area (Å²) in [6, 6.07) is 12.6. The predicted octanol–water partition coefficient (Wildman–Crippen LogP) is 3.74. The van der Waals surface area contributed by atoms with Crippen LogP contribution in [0.4, 0.5) is 8.78 Å². The highest BCUT2D eigenvalue weighted by Gasteiger charge is 2.27. The van der Waals surface area contributed by atoms with Gasteiger partial charge < -0.3 is 5.73 Å². The zero-order valence-electron chi connectivity index (χ0n) is 11.5. The molecule has 4 heteroatoms. The first-order valence-electron chi connectivity index (χ1n) is 6.58. The SMILES string of the molecule is CC(N)(c1cc(F)cc(F)c1)c1cccc2ncccc12. The van der Waals surface area contributed by atoms with E-state index >= 15 is 0 Å². The molecule has 2 aromatic carbocycles. The van der Waals surface area contributed by atoms with Crippen molar-refractivity contribution in [2.24, 2.45) is 5.73 Å². The van der Waals surface area contributed by atoms with Crippen LogP contribution in [0.1, 0.15) is 18.1 Å². The van der Waals surface area contributed by atoms with Crippen molar-refractivity contribution in [1.82, 2.24) is 4.98 Å². The van der Waals surface area contributed by atoms with E-state index in [1.54, 1.807) is 13.1 Å². The number of halogens is 2. The summed E-state index contributed by atoms with van der Waals surface area (Å²) >= 11 is 0. The van der Waals surface area contributed by atoms with Gasteiger partial charge in [-0.05, 0) is 42.3 Å². The topological polar surface area (TPSA) is 38.9 Å². The molecule has 0 saturated carbocycles. The Bertz CT molecular complexity index is 787. The number of hydrogen-bond acceptors (Lipinski definition) is 2. The fraction of sp³-hybridized carbons (Fsp3) is 0.118. The van der Waals surface area contributed by atoms with E-state index in [2.05, 4.69) is 4.98 Å². The second kappa shape index (κ2) is 4.90. The van der Waals surface area contributed by atoms with Gasteiger partial charge in [0, 0.05) is 17.6 Å². The summed E-state index contributed by atoms with van der Waals surface area (Å²) in [4.78, 5) is 4.28. The fourth-order valence-electron chi connectivity index (χ4n) is 2.57. The van der Waals surface area contributed by atoms with E-state index in [0.717, 1.165) is 22.5 Å². The number of fused-ring (bicyclic) bond motifs is 1. The molecule has 1 heterocycles. The molecule has 0 amide bonds. The standard InChI is InChI=1S/C17H14F2N2/c1-17(20,11-8-12(18)10-13(19)9-11)15-5-2-6-16-14(15)4-3-7-21-16/h2-10H,20H2,1H3. The summed E-state index contributed by atoms with van der Waals surface area (Å²) in [5.74, 6) is -1.28. The highest BCUT2D eigenvalue weighted by Crippen LogP contribution is 2.32. The van der Waals surface area contributed by atoms with Gasteiger partial charge in [0.25, 0.3) is 0 Å². The highest BCUT2D eigenvalue weighted by atomic mass is 19.1. The van der Waals surface area contributed by atoms with Crippen LogP contribution in [0, 0.1) is 11.6 Å². The predicted molar refractivity (Wildman–Crippen MR) is 78.7 cm³/mol. The van der Waals surface area contributed by atoms with Crippen molar-refractivity contribution in [2.45, 2.75) is 12.5 Å². The lowest BCUT2D eigenvalue weighted by Gasteiger charge is -2.27. The van der Waals surface area contributed by atoms with E-state index in [1.807, 2.05) is 30.3 Å².